The van der Waals surface area contributed by atoms with Gasteiger partial charge in [-0.05, 0) is 19.1 Å². The third kappa shape index (κ3) is 2.84. The summed E-state index contributed by atoms with van der Waals surface area (Å²) in [6.07, 6.45) is 0. The molecule has 112 valence electrons. The fourth-order valence-corrected chi connectivity index (χ4v) is 3.01. The second kappa shape index (κ2) is 5.13. The molecule has 7 nitrogen and oxygen atoms in total. The van der Waals surface area contributed by atoms with E-state index < -0.39 is 43.5 Å². The van der Waals surface area contributed by atoms with Crippen molar-refractivity contribution in [3.8, 4) is 0 Å². The number of aromatic nitrogens is 2. The summed E-state index contributed by atoms with van der Waals surface area (Å²) >= 11 is 0. The third-order valence-electron chi connectivity index (χ3n) is 2.54. The largest absolute Gasteiger partial charge is 0.325 e. The van der Waals surface area contributed by atoms with Crippen LogP contribution >= 0.6 is 0 Å². The van der Waals surface area contributed by atoms with Crippen LogP contribution in [0.2, 0.25) is 0 Å². The first-order chi connectivity index (χ1) is 9.72. The smallest absolute Gasteiger partial charge is 0.310 e. The molecule has 3 N–H and O–H groups in total. The monoisotopic (exact) mass is 317 g/mol. The van der Waals surface area contributed by atoms with Crippen molar-refractivity contribution in [1.82, 2.24) is 9.97 Å². The van der Waals surface area contributed by atoms with Crippen molar-refractivity contribution in [3.05, 3.63) is 56.4 Å². The number of hydrogen-bond acceptors (Lipinski definition) is 4. The fraction of sp³-hybridized carbons (Fsp3) is 0.0909. The molecule has 0 aliphatic carbocycles. The topological polar surface area (TPSA) is 112 Å². The standard InChI is InChI=1S/C11H9F2N3O4S/c1-5-9(10(17)15-11(18)14-5)21(19,20)16-8-6(12)3-2-4-7(8)13/h2-4,16H,1H3,(H2,14,15,17,18). The average Bonchev–Trinajstić information content (AvgIpc) is 2.32. The Hall–Kier alpha value is -2.49. The molecule has 1 heterocycles. The summed E-state index contributed by atoms with van der Waals surface area (Å²) in [6, 6.07) is 2.76. The number of halogens is 2. The summed E-state index contributed by atoms with van der Waals surface area (Å²) in [5, 5.41) is 0. The van der Waals surface area contributed by atoms with Crippen molar-refractivity contribution >= 4 is 15.7 Å². The second-order valence-electron chi connectivity index (χ2n) is 4.06. The maximum Gasteiger partial charge on any atom is 0.325 e. The number of anilines is 1. The van der Waals surface area contributed by atoms with Crippen LogP contribution in [0.3, 0.4) is 0 Å². The zero-order valence-electron chi connectivity index (χ0n) is 10.5. The number of para-hydroxylation sites is 1. The Morgan fingerprint density at radius 2 is 1.67 bits per heavy atom. The van der Waals surface area contributed by atoms with E-state index >= 15 is 0 Å². The summed E-state index contributed by atoms with van der Waals surface area (Å²) < 4.78 is 52.7. The average molecular weight is 317 g/mol. The van der Waals surface area contributed by atoms with Gasteiger partial charge in [0.1, 0.15) is 17.3 Å². The van der Waals surface area contributed by atoms with Crippen molar-refractivity contribution < 1.29 is 17.2 Å². The lowest BCUT2D eigenvalue weighted by molar-refractivity contribution is 0.581. The first-order valence-corrected chi connectivity index (χ1v) is 7.00. The summed E-state index contributed by atoms with van der Waals surface area (Å²) in [5.74, 6) is -2.28. The van der Waals surface area contributed by atoms with Crippen LogP contribution in [0.25, 0.3) is 0 Å². The lowest BCUT2D eigenvalue weighted by Gasteiger charge is -2.10. The van der Waals surface area contributed by atoms with E-state index in [-0.39, 0.29) is 5.69 Å². The normalized spacial score (nSPS) is 11.4. The molecule has 0 atom stereocenters. The fourth-order valence-electron chi connectivity index (χ4n) is 1.69. The van der Waals surface area contributed by atoms with Gasteiger partial charge in [0.05, 0.1) is 0 Å². The molecular weight excluding hydrogens is 308 g/mol. The maximum atomic E-state index is 13.5. The first-order valence-electron chi connectivity index (χ1n) is 5.52. The summed E-state index contributed by atoms with van der Waals surface area (Å²) in [5.41, 5.74) is -3.26. The molecule has 0 saturated heterocycles. The highest BCUT2D eigenvalue weighted by Gasteiger charge is 2.24. The van der Waals surface area contributed by atoms with E-state index in [4.69, 9.17) is 0 Å². The number of aryl methyl sites for hydroxylation is 1. The molecule has 0 aliphatic rings. The second-order valence-corrected chi connectivity index (χ2v) is 5.68. The predicted molar refractivity (Wildman–Crippen MR) is 69.6 cm³/mol. The molecule has 21 heavy (non-hydrogen) atoms. The van der Waals surface area contributed by atoms with Gasteiger partial charge in [0.25, 0.3) is 15.6 Å². The molecule has 1 aromatic heterocycles. The minimum absolute atomic E-state index is 0.256. The van der Waals surface area contributed by atoms with E-state index in [0.29, 0.717) is 0 Å². The molecule has 0 aliphatic heterocycles. The van der Waals surface area contributed by atoms with Gasteiger partial charge in [-0.3, -0.25) is 14.5 Å². The Balaban J connectivity index is 2.60. The zero-order chi connectivity index (χ0) is 15.8. The van der Waals surface area contributed by atoms with Gasteiger partial charge in [-0.15, -0.1) is 0 Å². The molecule has 0 unspecified atom stereocenters. The highest BCUT2D eigenvalue weighted by molar-refractivity contribution is 7.92. The van der Waals surface area contributed by atoms with Gasteiger partial charge in [0, 0.05) is 5.69 Å². The van der Waals surface area contributed by atoms with Crippen LogP contribution in [0.4, 0.5) is 14.5 Å². The lowest BCUT2D eigenvalue weighted by atomic mass is 10.3. The molecule has 0 radical (unpaired) electrons. The van der Waals surface area contributed by atoms with Crippen LogP contribution in [0, 0.1) is 18.6 Å². The quantitative estimate of drug-likeness (QED) is 0.763. The first kappa shape index (κ1) is 14.9. The van der Waals surface area contributed by atoms with E-state index in [2.05, 4.69) is 4.98 Å². The van der Waals surface area contributed by atoms with Crippen LogP contribution in [-0.4, -0.2) is 18.4 Å². The number of nitrogens with one attached hydrogen (secondary N) is 3. The number of aromatic amines is 2. The van der Waals surface area contributed by atoms with Gasteiger partial charge < -0.3 is 4.98 Å². The van der Waals surface area contributed by atoms with Crippen molar-refractivity contribution in [2.75, 3.05) is 4.72 Å². The van der Waals surface area contributed by atoms with Crippen LogP contribution in [0.15, 0.2) is 32.7 Å². The molecule has 0 bridgehead atoms. The zero-order valence-corrected chi connectivity index (χ0v) is 11.3. The van der Waals surface area contributed by atoms with E-state index in [0.717, 1.165) is 18.2 Å². The van der Waals surface area contributed by atoms with E-state index in [1.54, 1.807) is 9.71 Å². The summed E-state index contributed by atoms with van der Waals surface area (Å²) in [6.45, 7) is 1.17. The van der Waals surface area contributed by atoms with E-state index in [1.165, 1.54) is 6.92 Å². The van der Waals surface area contributed by atoms with Crippen molar-refractivity contribution in [1.29, 1.82) is 0 Å². The van der Waals surface area contributed by atoms with Gasteiger partial charge in [0.2, 0.25) is 0 Å². The molecule has 2 aromatic rings. The van der Waals surface area contributed by atoms with Crippen LogP contribution in [0.5, 0.6) is 0 Å². The van der Waals surface area contributed by atoms with Gasteiger partial charge in [0.15, 0.2) is 4.90 Å². The molecule has 0 amide bonds. The SMILES string of the molecule is Cc1[nH]c(=O)[nH]c(=O)c1S(=O)(=O)Nc1c(F)cccc1F. The number of rotatable bonds is 3. The maximum absolute atomic E-state index is 13.5. The van der Waals surface area contributed by atoms with Gasteiger partial charge in [-0.25, -0.2) is 22.0 Å². The lowest BCUT2D eigenvalue weighted by Crippen LogP contribution is -2.31. The van der Waals surface area contributed by atoms with Crippen molar-refractivity contribution in [3.63, 3.8) is 0 Å². The molecule has 2 rings (SSSR count). The molecule has 0 saturated carbocycles. The molecule has 0 spiro atoms. The van der Waals surface area contributed by atoms with Gasteiger partial charge in [-0.2, -0.15) is 0 Å². The highest BCUT2D eigenvalue weighted by Crippen LogP contribution is 2.21. The van der Waals surface area contributed by atoms with E-state index in [1.807, 2.05) is 0 Å². The van der Waals surface area contributed by atoms with Crippen LogP contribution in [0.1, 0.15) is 5.69 Å². The van der Waals surface area contributed by atoms with Gasteiger partial charge >= 0.3 is 5.69 Å². The van der Waals surface area contributed by atoms with Gasteiger partial charge in [-0.1, -0.05) is 6.07 Å². The Labute approximate surface area is 116 Å². The Morgan fingerprint density at radius 3 is 2.19 bits per heavy atom. The third-order valence-corrected chi connectivity index (χ3v) is 4.04. The number of sulfonamides is 1. The van der Waals surface area contributed by atoms with Crippen molar-refractivity contribution in [2.24, 2.45) is 0 Å². The Morgan fingerprint density at radius 1 is 1.10 bits per heavy atom. The van der Waals surface area contributed by atoms with Crippen LogP contribution < -0.4 is 16.0 Å². The van der Waals surface area contributed by atoms with Crippen molar-refractivity contribution in [2.45, 2.75) is 11.8 Å². The summed E-state index contributed by atoms with van der Waals surface area (Å²) in [4.78, 5) is 25.6. The van der Waals surface area contributed by atoms with Crippen LogP contribution in [-0.2, 0) is 10.0 Å². The minimum Gasteiger partial charge on any atom is -0.310 e. The Bertz CT molecular complexity index is 898. The van der Waals surface area contributed by atoms with E-state index in [9.17, 15) is 26.8 Å². The molecule has 10 heteroatoms. The predicted octanol–water partition coefficient (Wildman–Crippen LogP) is 0.451. The Kier molecular flexibility index (Phi) is 3.64. The molecular formula is C11H9F2N3O4S. The molecule has 0 fully saturated rings. The minimum atomic E-state index is -4.58. The summed E-state index contributed by atoms with van der Waals surface area (Å²) in [7, 11) is -4.58. The number of hydrogen-bond donors (Lipinski definition) is 3. The molecule has 1 aromatic carbocycles. The number of H-pyrrole nitrogens is 2. The number of benzene rings is 1. The highest BCUT2D eigenvalue weighted by atomic mass is 32.2.